The number of pyridine rings is 1. The summed E-state index contributed by atoms with van der Waals surface area (Å²) in [4.78, 5) is 41.5. The van der Waals surface area contributed by atoms with Crippen LogP contribution in [0.15, 0.2) is 41.9 Å². The number of carbonyl (C=O) groups excluding carboxylic acids is 3. The molecule has 2 aromatic heterocycles. The highest BCUT2D eigenvalue weighted by molar-refractivity contribution is 7.15. The van der Waals surface area contributed by atoms with Crippen molar-refractivity contribution < 1.29 is 33.3 Å². The number of rotatable bonds is 10. The molecule has 3 rings (SSSR count). The van der Waals surface area contributed by atoms with Crippen molar-refractivity contribution in [3.05, 3.63) is 58.7 Å². The molecule has 0 aliphatic carbocycles. The number of hydrogen-bond acceptors (Lipinski definition) is 9. The second-order valence-corrected chi connectivity index (χ2v) is 8.22. The molecule has 2 heterocycles. The Balaban J connectivity index is 1.74. The number of methoxy groups -OCH3 is 2. The van der Waals surface area contributed by atoms with Crippen LogP contribution in [-0.2, 0) is 25.5 Å². The van der Waals surface area contributed by atoms with E-state index in [0.717, 1.165) is 17.0 Å². The molecule has 0 radical (unpaired) electrons. The van der Waals surface area contributed by atoms with E-state index in [1.165, 1.54) is 14.2 Å². The topological polar surface area (TPSA) is 113 Å². The van der Waals surface area contributed by atoms with Gasteiger partial charge in [-0.25, -0.2) is 4.79 Å². The molecule has 0 fully saturated rings. The summed E-state index contributed by atoms with van der Waals surface area (Å²) in [5.74, 6) is -0.689. The molecule has 1 N–H and O–H groups in total. The first-order valence-corrected chi connectivity index (χ1v) is 11.6. The smallest absolute Gasteiger partial charge is 0.341 e. The van der Waals surface area contributed by atoms with E-state index in [-0.39, 0.29) is 23.6 Å². The van der Waals surface area contributed by atoms with Crippen LogP contribution < -0.4 is 14.8 Å². The van der Waals surface area contributed by atoms with E-state index in [1.54, 1.807) is 48.8 Å². The fourth-order valence-corrected chi connectivity index (χ4v) is 4.18. The number of esters is 2. The number of anilines is 1. The fourth-order valence-electron chi connectivity index (χ4n) is 3.20. The molecule has 0 spiro atoms. The number of ether oxygens (including phenoxy) is 4. The lowest BCUT2D eigenvalue weighted by Gasteiger charge is -2.11. The average Bonchev–Trinajstić information content (AvgIpc) is 3.27. The molecule has 0 saturated carbocycles. The molecule has 0 aliphatic heterocycles. The third kappa shape index (κ3) is 6.57. The first kappa shape index (κ1) is 25.7. The Bertz CT molecular complexity index is 1210. The maximum Gasteiger partial charge on any atom is 0.341 e. The van der Waals surface area contributed by atoms with Gasteiger partial charge < -0.3 is 24.3 Å². The second-order valence-electron chi connectivity index (χ2n) is 7.34. The van der Waals surface area contributed by atoms with E-state index in [2.05, 4.69) is 10.3 Å². The fraction of sp³-hybridized carbons (Fsp3) is 0.280. The predicted molar refractivity (Wildman–Crippen MR) is 131 cm³/mol. The quantitative estimate of drug-likeness (QED) is 0.417. The molecule has 0 bridgehead atoms. The van der Waals surface area contributed by atoms with Gasteiger partial charge in [0, 0.05) is 22.8 Å². The molecule has 9 nitrogen and oxygen atoms in total. The molecule has 0 saturated heterocycles. The van der Waals surface area contributed by atoms with Crippen LogP contribution in [0, 0.1) is 6.92 Å². The van der Waals surface area contributed by atoms with Gasteiger partial charge in [-0.05, 0) is 43.2 Å². The van der Waals surface area contributed by atoms with E-state index in [9.17, 15) is 14.4 Å². The van der Waals surface area contributed by atoms with Crippen molar-refractivity contribution in [2.75, 3.05) is 32.8 Å². The van der Waals surface area contributed by atoms with E-state index in [1.807, 2.05) is 6.92 Å². The molecular formula is C25H26N2O7S. The van der Waals surface area contributed by atoms with Crippen LogP contribution in [0.3, 0.4) is 0 Å². The molecule has 1 aromatic carbocycles. The minimum Gasteiger partial charge on any atom is -0.493 e. The summed E-state index contributed by atoms with van der Waals surface area (Å²) in [6.45, 7) is 3.21. The first-order valence-electron chi connectivity index (χ1n) is 10.7. The molecule has 1 amide bonds. The summed E-state index contributed by atoms with van der Waals surface area (Å²) in [6.07, 6.45) is 1.58. The minimum atomic E-state index is -0.585. The second kappa shape index (κ2) is 12.0. The zero-order valence-electron chi connectivity index (χ0n) is 19.9. The number of amides is 1. The van der Waals surface area contributed by atoms with Gasteiger partial charge in [-0.2, -0.15) is 0 Å². The largest absolute Gasteiger partial charge is 0.493 e. The number of nitrogens with zero attached hydrogens (tertiary/aromatic N) is 1. The summed E-state index contributed by atoms with van der Waals surface area (Å²) in [7, 11) is 3.05. The van der Waals surface area contributed by atoms with Crippen molar-refractivity contribution in [2.45, 2.75) is 20.3 Å². The van der Waals surface area contributed by atoms with Gasteiger partial charge in [0.1, 0.15) is 10.6 Å². The Labute approximate surface area is 207 Å². The molecule has 3 aromatic rings. The first-order chi connectivity index (χ1) is 16.9. The zero-order valence-corrected chi connectivity index (χ0v) is 20.7. The standard InChI is InChI=1S/C25H26N2O7S/c1-5-33-25(30)23-18(17-8-9-19(31-3)20(11-17)32-4)14-35-24(23)27-21(28)13-34-22(29)10-16-7-6-15(2)26-12-16/h6-9,11-12,14H,5,10,13H2,1-4H3,(H,27,28). The predicted octanol–water partition coefficient (Wildman–Crippen LogP) is 4.04. The van der Waals surface area contributed by atoms with Crippen LogP contribution in [-0.4, -0.2) is 50.3 Å². The summed E-state index contributed by atoms with van der Waals surface area (Å²) >= 11 is 1.16. The normalized spacial score (nSPS) is 10.4. The van der Waals surface area contributed by atoms with Crippen molar-refractivity contribution in [2.24, 2.45) is 0 Å². The molecule has 0 aliphatic rings. The van der Waals surface area contributed by atoms with Gasteiger partial charge in [0.15, 0.2) is 18.1 Å². The van der Waals surface area contributed by atoms with Gasteiger partial charge in [0.25, 0.3) is 5.91 Å². The highest BCUT2D eigenvalue weighted by Gasteiger charge is 2.24. The summed E-state index contributed by atoms with van der Waals surface area (Å²) in [5, 5.41) is 4.68. The summed E-state index contributed by atoms with van der Waals surface area (Å²) < 4.78 is 20.9. The van der Waals surface area contributed by atoms with Gasteiger partial charge in [-0.15, -0.1) is 11.3 Å². The van der Waals surface area contributed by atoms with Gasteiger partial charge in [0.2, 0.25) is 0 Å². The van der Waals surface area contributed by atoms with Crippen molar-refractivity contribution in [1.29, 1.82) is 0 Å². The molecule has 35 heavy (non-hydrogen) atoms. The number of carbonyl (C=O) groups is 3. The monoisotopic (exact) mass is 498 g/mol. The van der Waals surface area contributed by atoms with Crippen LogP contribution in [0.1, 0.15) is 28.5 Å². The van der Waals surface area contributed by atoms with E-state index in [4.69, 9.17) is 18.9 Å². The summed E-state index contributed by atoms with van der Waals surface area (Å²) in [5.41, 5.74) is 2.97. The average molecular weight is 499 g/mol. The van der Waals surface area contributed by atoms with Gasteiger partial charge in [0.05, 0.1) is 27.2 Å². The minimum absolute atomic E-state index is 0.00289. The number of nitrogens with one attached hydrogen (secondary N) is 1. The SMILES string of the molecule is CCOC(=O)c1c(-c2ccc(OC)c(OC)c2)csc1NC(=O)COC(=O)Cc1ccc(C)nc1. The van der Waals surface area contributed by atoms with Gasteiger partial charge in [-0.3, -0.25) is 14.6 Å². The maximum absolute atomic E-state index is 12.8. The molecule has 0 atom stereocenters. The Kier molecular flexibility index (Phi) is 8.80. The molecule has 184 valence electrons. The number of hydrogen-bond donors (Lipinski definition) is 1. The number of thiophene rings is 1. The lowest BCUT2D eigenvalue weighted by Crippen LogP contribution is -2.22. The van der Waals surface area contributed by atoms with Gasteiger partial charge in [-0.1, -0.05) is 12.1 Å². The van der Waals surface area contributed by atoms with Crippen LogP contribution in [0.4, 0.5) is 5.00 Å². The highest BCUT2D eigenvalue weighted by Crippen LogP contribution is 2.39. The van der Waals surface area contributed by atoms with Crippen LogP contribution in [0.2, 0.25) is 0 Å². The molecule has 0 unspecified atom stereocenters. The highest BCUT2D eigenvalue weighted by atomic mass is 32.1. The Morgan fingerprint density at radius 2 is 1.80 bits per heavy atom. The Morgan fingerprint density at radius 1 is 1.03 bits per heavy atom. The number of aryl methyl sites for hydroxylation is 1. The van der Waals surface area contributed by atoms with Crippen molar-refractivity contribution in [3.63, 3.8) is 0 Å². The Hall–Kier alpha value is -3.92. The third-order valence-corrected chi connectivity index (χ3v) is 5.80. The van der Waals surface area contributed by atoms with Crippen LogP contribution >= 0.6 is 11.3 Å². The van der Waals surface area contributed by atoms with Crippen LogP contribution in [0.25, 0.3) is 11.1 Å². The maximum atomic E-state index is 12.8. The number of aromatic nitrogens is 1. The van der Waals surface area contributed by atoms with Crippen molar-refractivity contribution >= 4 is 34.2 Å². The third-order valence-electron chi connectivity index (χ3n) is 4.90. The van der Waals surface area contributed by atoms with E-state index < -0.39 is 24.5 Å². The molecule has 10 heteroatoms. The summed E-state index contributed by atoms with van der Waals surface area (Å²) in [6, 6.07) is 8.80. The van der Waals surface area contributed by atoms with Gasteiger partial charge >= 0.3 is 11.9 Å². The van der Waals surface area contributed by atoms with Crippen molar-refractivity contribution in [3.8, 4) is 22.6 Å². The van der Waals surface area contributed by atoms with E-state index >= 15 is 0 Å². The zero-order chi connectivity index (χ0) is 25.4. The van der Waals surface area contributed by atoms with E-state index in [0.29, 0.717) is 28.2 Å². The lowest BCUT2D eigenvalue weighted by molar-refractivity contribution is -0.146. The van der Waals surface area contributed by atoms with Crippen LogP contribution in [0.5, 0.6) is 11.5 Å². The Morgan fingerprint density at radius 3 is 2.46 bits per heavy atom. The molecular weight excluding hydrogens is 472 g/mol. The number of benzene rings is 1. The van der Waals surface area contributed by atoms with Crippen molar-refractivity contribution in [1.82, 2.24) is 4.98 Å². The lowest BCUT2D eigenvalue weighted by atomic mass is 10.0.